The third-order valence-electron chi connectivity index (χ3n) is 4.39. The molecule has 0 N–H and O–H groups in total. The van der Waals surface area contributed by atoms with Gasteiger partial charge in [-0.25, -0.2) is 0 Å². The smallest absolute Gasteiger partial charge is 0.226 e. The molecule has 0 aromatic rings. The fourth-order valence-electron chi connectivity index (χ4n) is 3.03. The Balaban J connectivity index is 2.47. The molecular weight excluding hydrogens is 246 g/mol. The van der Waals surface area contributed by atoms with Crippen molar-refractivity contribution in [3.63, 3.8) is 0 Å². The minimum absolute atomic E-state index is 0.0810. The number of rotatable bonds is 5. The molecule has 0 radical (unpaired) electrons. The van der Waals surface area contributed by atoms with E-state index in [2.05, 4.69) is 53.4 Å². The summed E-state index contributed by atoms with van der Waals surface area (Å²) in [5.41, 5.74) is 0.492. The SMILES string of the molecule is CC1CN(C(=O)C(CCCCC(C)(C)C)C(C)(C)C)C1. The molecular formula is C18H35NO. The van der Waals surface area contributed by atoms with E-state index < -0.39 is 0 Å². The Morgan fingerprint density at radius 3 is 2.05 bits per heavy atom. The summed E-state index contributed by atoms with van der Waals surface area (Å²) in [5.74, 6) is 1.28. The fourth-order valence-corrected chi connectivity index (χ4v) is 3.03. The van der Waals surface area contributed by atoms with Crippen LogP contribution in [0.4, 0.5) is 0 Å². The standard InChI is InChI=1S/C18H35NO/c1-14-12-19(13-14)16(20)15(18(5,6)7)10-8-9-11-17(2,3)4/h14-15H,8-13H2,1-7H3. The lowest BCUT2D eigenvalue weighted by atomic mass is 9.75. The monoisotopic (exact) mass is 281 g/mol. The highest BCUT2D eigenvalue weighted by Crippen LogP contribution is 2.34. The number of carbonyl (C=O) groups excluding carboxylic acids is 1. The van der Waals surface area contributed by atoms with Gasteiger partial charge in [0.15, 0.2) is 0 Å². The van der Waals surface area contributed by atoms with E-state index >= 15 is 0 Å². The number of hydrogen-bond acceptors (Lipinski definition) is 1. The van der Waals surface area contributed by atoms with E-state index in [-0.39, 0.29) is 11.3 Å². The van der Waals surface area contributed by atoms with Gasteiger partial charge in [0.25, 0.3) is 0 Å². The van der Waals surface area contributed by atoms with Gasteiger partial charge in [-0.1, -0.05) is 61.3 Å². The maximum Gasteiger partial charge on any atom is 0.226 e. The molecule has 118 valence electrons. The first-order chi connectivity index (χ1) is 9.00. The summed E-state index contributed by atoms with van der Waals surface area (Å²) in [6.07, 6.45) is 4.70. The minimum atomic E-state index is 0.0810. The van der Waals surface area contributed by atoms with Gasteiger partial charge in [-0.3, -0.25) is 4.79 Å². The highest BCUT2D eigenvalue weighted by atomic mass is 16.2. The molecule has 1 rings (SSSR count). The summed E-state index contributed by atoms with van der Waals surface area (Å²) in [6.45, 7) is 17.7. The molecule has 0 aliphatic carbocycles. The maximum atomic E-state index is 12.6. The zero-order valence-electron chi connectivity index (χ0n) is 14.8. The topological polar surface area (TPSA) is 20.3 Å². The van der Waals surface area contributed by atoms with Gasteiger partial charge in [0.1, 0.15) is 0 Å². The summed E-state index contributed by atoms with van der Waals surface area (Å²) < 4.78 is 0. The van der Waals surface area contributed by atoms with E-state index in [1.54, 1.807) is 0 Å². The summed E-state index contributed by atoms with van der Waals surface area (Å²) in [6, 6.07) is 0. The highest BCUT2D eigenvalue weighted by Gasteiger charge is 2.37. The van der Waals surface area contributed by atoms with E-state index in [9.17, 15) is 4.79 Å². The number of nitrogens with zero attached hydrogens (tertiary/aromatic N) is 1. The zero-order chi connectivity index (χ0) is 15.6. The van der Waals surface area contributed by atoms with E-state index in [4.69, 9.17) is 0 Å². The van der Waals surface area contributed by atoms with Crippen LogP contribution in [-0.2, 0) is 4.79 Å². The Kier molecular flexibility index (Phi) is 5.69. The Hall–Kier alpha value is -0.530. The van der Waals surface area contributed by atoms with Gasteiger partial charge in [0, 0.05) is 19.0 Å². The molecule has 1 unspecified atom stereocenters. The quantitative estimate of drug-likeness (QED) is 0.667. The predicted molar refractivity (Wildman–Crippen MR) is 86.6 cm³/mol. The Bertz CT molecular complexity index is 315. The van der Waals surface area contributed by atoms with Crippen molar-refractivity contribution in [1.82, 2.24) is 4.90 Å². The Labute approximate surface area is 126 Å². The predicted octanol–water partition coefficient (Wildman–Crippen LogP) is 4.73. The van der Waals surface area contributed by atoms with Crippen LogP contribution >= 0.6 is 0 Å². The maximum absolute atomic E-state index is 12.6. The molecule has 20 heavy (non-hydrogen) atoms. The van der Waals surface area contributed by atoms with Crippen LogP contribution in [0.25, 0.3) is 0 Å². The highest BCUT2D eigenvalue weighted by molar-refractivity contribution is 5.80. The van der Waals surface area contributed by atoms with Crippen LogP contribution in [0.5, 0.6) is 0 Å². The molecule has 1 saturated heterocycles. The van der Waals surface area contributed by atoms with Gasteiger partial charge in [0.2, 0.25) is 5.91 Å². The second-order valence-electron chi connectivity index (χ2n) is 9.07. The van der Waals surface area contributed by atoms with Crippen molar-refractivity contribution >= 4 is 5.91 Å². The molecule has 1 fully saturated rings. The first-order valence-electron chi connectivity index (χ1n) is 8.29. The van der Waals surface area contributed by atoms with Crippen LogP contribution in [0, 0.1) is 22.7 Å². The zero-order valence-corrected chi connectivity index (χ0v) is 14.8. The van der Waals surface area contributed by atoms with Gasteiger partial charge in [-0.05, 0) is 29.6 Å². The second kappa shape index (κ2) is 6.49. The fraction of sp³-hybridized carbons (Fsp3) is 0.944. The Morgan fingerprint density at radius 1 is 1.10 bits per heavy atom. The molecule has 2 heteroatoms. The number of unbranched alkanes of at least 4 members (excludes halogenated alkanes) is 1. The van der Waals surface area contributed by atoms with Gasteiger partial charge >= 0.3 is 0 Å². The lowest BCUT2D eigenvalue weighted by Crippen LogP contribution is -2.52. The molecule has 2 nitrogen and oxygen atoms in total. The van der Waals surface area contributed by atoms with Gasteiger partial charge in [-0.2, -0.15) is 0 Å². The van der Waals surface area contributed by atoms with Crippen LogP contribution in [0.2, 0.25) is 0 Å². The van der Waals surface area contributed by atoms with E-state index in [1.165, 1.54) is 19.3 Å². The molecule has 0 saturated carbocycles. The molecule has 1 aliphatic heterocycles. The molecule has 1 amide bonds. The van der Waals surface area contributed by atoms with Crippen molar-refractivity contribution in [2.75, 3.05) is 13.1 Å². The molecule has 0 bridgehead atoms. The largest absolute Gasteiger partial charge is 0.342 e. The number of likely N-dealkylation sites (tertiary alicyclic amines) is 1. The van der Waals surface area contributed by atoms with E-state index in [0.717, 1.165) is 19.5 Å². The van der Waals surface area contributed by atoms with Gasteiger partial charge in [0.05, 0.1) is 0 Å². The molecule has 0 aromatic heterocycles. The van der Waals surface area contributed by atoms with Crippen molar-refractivity contribution in [2.45, 2.75) is 74.1 Å². The van der Waals surface area contributed by atoms with Crippen LogP contribution in [0.1, 0.15) is 74.1 Å². The van der Waals surface area contributed by atoms with Gasteiger partial charge in [-0.15, -0.1) is 0 Å². The van der Waals surface area contributed by atoms with E-state index in [0.29, 0.717) is 17.2 Å². The first kappa shape index (κ1) is 17.5. The molecule has 0 aromatic carbocycles. The van der Waals surface area contributed by atoms with Crippen molar-refractivity contribution in [3.8, 4) is 0 Å². The van der Waals surface area contributed by atoms with Crippen molar-refractivity contribution in [3.05, 3.63) is 0 Å². The number of hydrogen-bond donors (Lipinski definition) is 0. The summed E-state index contributed by atoms with van der Waals surface area (Å²) in [5, 5.41) is 0. The molecule has 0 spiro atoms. The molecule has 1 heterocycles. The van der Waals surface area contributed by atoms with Crippen LogP contribution in [0.15, 0.2) is 0 Å². The minimum Gasteiger partial charge on any atom is -0.342 e. The normalized spacial score (nSPS) is 18.9. The van der Waals surface area contributed by atoms with E-state index in [1.807, 2.05) is 0 Å². The second-order valence-corrected chi connectivity index (χ2v) is 9.07. The third kappa shape index (κ3) is 5.46. The van der Waals surface area contributed by atoms with Crippen molar-refractivity contribution in [2.24, 2.45) is 22.7 Å². The summed E-state index contributed by atoms with van der Waals surface area (Å²) in [4.78, 5) is 14.7. The van der Waals surface area contributed by atoms with Crippen molar-refractivity contribution < 1.29 is 4.79 Å². The third-order valence-corrected chi connectivity index (χ3v) is 4.39. The average molecular weight is 281 g/mol. The lowest BCUT2D eigenvalue weighted by molar-refractivity contribution is -0.145. The Morgan fingerprint density at radius 2 is 1.65 bits per heavy atom. The summed E-state index contributed by atoms with van der Waals surface area (Å²) >= 11 is 0. The van der Waals surface area contributed by atoms with Crippen molar-refractivity contribution in [1.29, 1.82) is 0 Å². The van der Waals surface area contributed by atoms with Crippen LogP contribution in [0.3, 0.4) is 0 Å². The average Bonchev–Trinajstić information content (AvgIpc) is 2.20. The van der Waals surface area contributed by atoms with Gasteiger partial charge < -0.3 is 4.90 Å². The van der Waals surface area contributed by atoms with Crippen LogP contribution < -0.4 is 0 Å². The van der Waals surface area contributed by atoms with Crippen LogP contribution in [-0.4, -0.2) is 23.9 Å². The summed E-state index contributed by atoms with van der Waals surface area (Å²) in [7, 11) is 0. The number of carbonyl (C=O) groups is 1. The first-order valence-corrected chi connectivity index (χ1v) is 8.29. The molecule has 1 atom stereocenters. The number of amides is 1. The lowest BCUT2D eigenvalue weighted by Gasteiger charge is -2.42. The molecule has 1 aliphatic rings.